The Bertz CT molecular complexity index is 820. The number of fused-ring (bicyclic) bond motifs is 1. The minimum atomic E-state index is -3.49. The second-order valence-corrected chi connectivity index (χ2v) is 10.5. The van der Waals surface area contributed by atoms with Gasteiger partial charge in [0.15, 0.2) is 0 Å². The molecule has 168 valence electrons. The van der Waals surface area contributed by atoms with Crippen LogP contribution in [0.1, 0.15) is 58.8 Å². The molecule has 0 saturated heterocycles. The fourth-order valence-corrected chi connectivity index (χ4v) is 5.10. The third kappa shape index (κ3) is 7.57. The van der Waals surface area contributed by atoms with Crippen LogP contribution in [-0.4, -0.2) is 43.0 Å². The first kappa shape index (κ1) is 24.6. The van der Waals surface area contributed by atoms with E-state index in [1.54, 1.807) is 6.92 Å². The van der Waals surface area contributed by atoms with Gasteiger partial charge >= 0.3 is 0 Å². The summed E-state index contributed by atoms with van der Waals surface area (Å²) in [6.07, 6.45) is 10.9. The molecule has 0 aromatic heterocycles. The lowest BCUT2D eigenvalue weighted by atomic mass is 9.89. The molecule has 0 spiro atoms. The maximum atomic E-state index is 11.6. The average Bonchev–Trinajstić information content (AvgIpc) is 3.16. The Morgan fingerprint density at radius 2 is 2.10 bits per heavy atom. The third-order valence-electron chi connectivity index (χ3n) is 6.17. The molecule has 6 atom stereocenters. The topological polar surface area (TPSA) is 104 Å². The van der Waals surface area contributed by atoms with Crippen LogP contribution in [-0.2, 0) is 14.8 Å². The summed E-state index contributed by atoms with van der Waals surface area (Å²) in [5.41, 5.74) is 1.35. The molecule has 2 rings (SSSR count). The van der Waals surface area contributed by atoms with E-state index >= 15 is 0 Å². The summed E-state index contributed by atoms with van der Waals surface area (Å²) < 4.78 is 24.1. The van der Waals surface area contributed by atoms with Crippen LogP contribution in [0.15, 0.2) is 23.8 Å². The number of sulfonamides is 1. The van der Waals surface area contributed by atoms with Crippen molar-refractivity contribution in [2.24, 2.45) is 23.7 Å². The molecule has 0 aromatic rings. The fourth-order valence-electron chi connectivity index (χ4n) is 4.58. The summed E-state index contributed by atoms with van der Waals surface area (Å²) in [5.74, 6) is 6.33. The van der Waals surface area contributed by atoms with E-state index in [9.17, 15) is 23.4 Å². The van der Waals surface area contributed by atoms with E-state index in [0.717, 1.165) is 31.9 Å². The van der Waals surface area contributed by atoms with E-state index in [-0.39, 0.29) is 24.4 Å². The Labute approximate surface area is 180 Å². The zero-order valence-electron chi connectivity index (χ0n) is 18.2. The monoisotopic (exact) mass is 437 g/mol. The minimum absolute atomic E-state index is 0.0561. The number of aliphatic hydroxyl groups is 2. The van der Waals surface area contributed by atoms with Gasteiger partial charge in [-0.25, -0.2) is 8.42 Å². The molecule has 30 heavy (non-hydrogen) atoms. The Balaban J connectivity index is 1.84. The molecule has 0 aliphatic heterocycles. The van der Waals surface area contributed by atoms with E-state index < -0.39 is 22.0 Å². The Kier molecular flexibility index (Phi) is 9.14. The molecule has 6 nitrogen and oxygen atoms in total. The summed E-state index contributed by atoms with van der Waals surface area (Å²) in [5, 5.41) is 20.8. The highest BCUT2D eigenvalue weighted by Crippen LogP contribution is 2.50. The van der Waals surface area contributed by atoms with Gasteiger partial charge in [-0.1, -0.05) is 30.7 Å². The van der Waals surface area contributed by atoms with Crippen molar-refractivity contribution in [3.05, 3.63) is 23.8 Å². The van der Waals surface area contributed by atoms with Crippen molar-refractivity contribution in [1.82, 2.24) is 4.72 Å². The largest absolute Gasteiger partial charge is 0.392 e. The SMILES string of the molecule is CC#CCC(C)[C@H](O)C=C[C@@H]1[C@H]2CC(=CCCCC(=O)NS(C)(=O)=O)C[C@H]2C[C@H]1O. The molecule has 1 amide bonds. The fraction of sp³-hybridized carbons (Fsp3) is 0.696. The van der Waals surface area contributed by atoms with Gasteiger partial charge in [-0.05, 0) is 56.8 Å². The highest BCUT2D eigenvalue weighted by atomic mass is 32.2. The Morgan fingerprint density at radius 1 is 1.37 bits per heavy atom. The maximum Gasteiger partial charge on any atom is 0.233 e. The second kappa shape index (κ2) is 11.1. The van der Waals surface area contributed by atoms with Gasteiger partial charge in [0.1, 0.15) is 0 Å². The number of hydrogen-bond acceptors (Lipinski definition) is 5. The van der Waals surface area contributed by atoms with Crippen LogP contribution in [0, 0.1) is 35.5 Å². The van der Waals surface area contributed by atoms with Gasteiger partial charge in [0, 0.05) is 18.8 Å². The predicted octanol–water partition coefficient (Wildman–Crippen LogP) is 2.53. The van der Waals surface area contributed by atoms with Crippen molar-refractivity contribution in [3.8, 4) is 11.8 Å². The van der Waals surface area contributed by atoms with Crippen LogP contribution in [0.25, 0.3) is 0 Å². The zero-order chi connectivity index (χ0) is 22.3. The van der Waals surface area contributed by atoms with E-state index in [1.165, 1.54) is 5.57 Å². The van der Waals surface area contributed by atoms with Crippen molar-refractivity contribution in [2.75, 3.05) is 6.26 Å². The lowest BCUT2D eigenvalue weighted by molar-refractivity contribution is -0.119. The summed E-state index contributed by atoms with van der Waals surface area (Å²) in [6.45, 7) is 3.76. The van der Waals surface area contributed by atoms with Gasteiger partial charge in [0.05, 0.1) is 18.5 Å². The second-order valence-electron chi connectivity index (χ2n) is 8.75. The number of unbranched alkanes of at least 4 members (excludes halogenated alkanes) is 1. The molecular weight excluding hydrogens is 402 g/mol. The molecule has 2 aliphatic carbocycles. The quantitative estimate of drug-likeness (QED) is 0.292. The smallest absolute Gasteiger partial charge is 0.233 e. The van der Waals surface area contributed by atoms with E-state index in [4.69, 9.17) is 0 Å². The number of nitrogens with one attached hydrogen (secondary N) is 1. The van der Waals surface area contributed by atoms with Crippen LogP contribution in [0.4, 0.5) is 0 Å². The van der Waals surface area contributed by atoms with Crippen molar-refractivity contribution in [1.29, 1.82) is 0 Å². The molecule has 0 aromatic carbocycles. The number of carbonyl (C=O) groups is 1. The molecule has 2 fully saturated rings. The third-order valence-corrected chi connectivity index (χ3v) is 6.76. The predicted molar refractivity (Wildman–Crippen MR) is 118 cm³/mol. The lowest BCUT2D eigenvalue weighted by Crippen LogP contribution is -2.28. The van der Waals surface area contributed by atoms with Crippen molar-refractivity contribution >= 4 is 15.9 Å². The van der Waals surface area contributed by atoms with Gasteiger partial charge in [-0.15, -0.1) is 11.8 Å². The first-order chi connectivity index (χ1) is 14.1. The molecule has 1 unspecified atom stereocenters. The van der Waals surface area contributed by atoms with Crippen molar-refractivity contribution < 1.29 is 23.4 Å². The molecule has 0 radical (unpaired) electrons. The average molecular weight is 438 g/mol. The summed E-state index contributed by atoms with van der Waals surface area (Å²) in [6, 6.07) is 0. The summed E-state index contributed by atoms with van der Waals surface area (Å²) in [7, 11) is -3.49. The van der Waals surface area contributed by atoms with Crippen LogP contribution < -0.4 is 4.72 Å². The molecule has 2 aliphatic rings. The molecule has 0 bridgehead atoms. The normalized spacial score (nSPS) is 29.4. The van der Waals surface area contributed by atoms with Gasteiger partial charge in [-0.3, -0.25) is 9.52 Å². The first-order valence-corrected chi connectivity index (χ1v) is 12.6. The van der Waals surface area contributed by atoms with Crippen LogP contribution >= 0.6 is 0 Å². The lowest BCUT2D eigenvalue weighted by Gasteiger charge is -2.19. The Morgan fingerprint density at radius 3 is 2.77 bits per heavy atom. The Hall–Kier alpha value is -1.62. The molecular formula is C23H35NO5S. The van der Waals surface area contributed by atoms with E-state index in [2.05, 4.69) is 17.9 Å². The first-order valence-electron chi connectivity index (χ1n) is 10.7. The summed E-state index contributed by atoms with van der Waals surface area (Å²) >= 11 is 0. The minimum Gasteiger partial charge on any atom is -0.392 e. The van der Waals surface area contributed by atoms with Crippen molar-refractivity contribution in [2.45, 2.75) is 71.0 Å². The zero-order valence-corrected chi connectivity index (χ0v) is 19.0. The molecule has 7 heteroatoms. The van der Waals surface area contributed by atoms with E-state index in [1.807, 2.05) is 23.8 Å². The maximum absolute atomic E-state index is 11.6. The standard InChI is InChI=1S/C23H35NO5S/c1-4-5-8-16(2)21(25)12-11-19-20-14-17(13-18(20)15-22(19)26)9-6-7-10-23(27)24-30(3,28)29/h9,11-12,16,18-22,25-26H,6-8,10,13-15H2,1-3H3,(H,24,27)/t16?,18-,19+,20-,21+,22+/m0/s1. The number of allylic oxidation sites excluding steroid dienone is 2. The number of hydrogen-bond donors (Lipinski definition) is 3. The number of amides is 1. The van der Waals surface area contributed by atoms with Gasteiger partial charge < -0.3 is 10.2 Å². The highest BCUT2D eigenvalue weighted by Gasteiger charge is 2.44. The number of rotatable bonds is 9. The molecule has 0 heterocycles. The number of aliphatic hydroxyl groups excluding tert-OH is 2. The van der Waals surface area contributed by atoms with Crippen LogP contribution in [0.2, 0.25) is 0 Å². The van der Waals surface area contributed by atoms with Gasteiger partial charge in [0.25, 0.3) is 0 Å². The van der Waals surface area contributed by atoms with Crippen LogP contribution in [0.5, 0.6) is 0 Å². The highest BCUT2D eigenvalue weighted by molar-refractivity contribution is 7.89. The summed E-state index contributed by atoms with van der Waals surface area (Å²) in [4.78, 5) is 11.6. The number of carbonyl (C=O) groups excluding carboxylic acids is 1. The molecule has 2 saturated carbocycles. The molecule has 3 N–H and O–H groups in total. The van der Waals surface area contributed by atoms with Gasteiger partial charge in [0.2, 0.25) is 15.9 Å². The van der Waals surface area contributed by atoms with E-state index in [0.29, 0.717) is 24.7 Å². The van der Waals surface area contributed by atoms with Crippen LogP contribution in [0.3, 0.4) is 0 Å². The van der Waals surface area contributed by atoms with Gasteiger partial charge in [-0.2, -0.15) is 0 Å². The van der Waals surface area contributed by atoms with Crippen molar-refractivity contribution in [3.63, 3.8) is 0 Å².